The molecule has 11 heteroatoms. The molecule has 1 unspecified atom stereocenters. The van der Waals surface area contributed by atoms with Crippen LogP contribution in [0.1, 0.15) is 17.6 Å². The molecule has 3 heterocycles. The molecule has 2 aromatic heterocycles. The van der Waals surface area contributed by atoms with Crippen LogP contribution in [0.3, 0.4) is 0 Å². The number of hydrogen-bond acceptors (Lipinski definition) is 8. The summed E-state index contributed by atoms with van der Waals surface area (Å²) in [5, 5.41) is 22.6. The third-order valence-corrected chi connectivity index (χ3v) is 3.83. The Hall–Kier alpha value is -2.04. The molecule has 0 saturated carbocycles. The second kappa shape index (κ2) is 6.60. The zero-order chi connectivity index (χ0) is 15.9. The minimum Gasteiger partial charge on any atom is -0.332 e. The van der Waals surface area contributed by atoms with E-state index in [2.05, 4.69) is 25.5 Å². The maximum absolute atomic E-state index is 11.2. The number of aryl methyl sites for hydroxylation is 2. The summed E-state index contributed by atoms with van der Waals surface area (Å²) in [6, 6.07) is -0.0142. The first-order valence-corrected chi connectivity index (χ1v) is 6.92. The van der Waals surface area contributed by atoms with Crippen LogP contribution < -0.4 is 5.32 Å². The minimum atomic E-state index is -0.476. The minimum absolute atomic E-state index is 0. The van der Waals surface area contributed by atoms with Gasteiger partial charge in [0.25, 0.3) is 5.89 Å². The topological polar surface area (TPSA) is 115 Å². The van der Waals surface area contributed by atoms with Gasteiger partial charge in [0.1, 0.15) is 5.69 Å². The summed E-state index contributed by atoms with van der Waals surface area (Å²) >= 11 is 0. The van der Waals surface area contributed by atoms with Gasteiger partial charge >= 0.3 is 5.69 Å². The first-order valence-electron chi connectivity index (χ1n) is 6.92. The fourth-order valence-electron chi connectivity index (χ4n) is 2.67. The van der Waals surface area contributed by atoms with Gasteiger partial charge in [-0.1, -0.05) is 5.16 Å². The molecule has 126 valence electrons. The average Bonchev–Trinajstić information content (AvgIpc) is 3.03. The highest BCUT2D eigenvalue weighted by molar-refractivity contribution is 5.85. The van der Waals surface area contributed by atoms with Crippen molar-refractivity contribution >= 4 is 18.1 Å². The Morgan fingerprint density at radius 1 is 1.43 bits per heavy atom. The lowest BCUT2D eigenvalue weighted by atomic mass is 10.2. The molecule has 1 aliphatic rings. The maximum Gasteiger partial charge on any atom is 0.322 e. The number of hydrogen-bond donors (Lipinski definition) is 1. The zero-order valence-corrected chi connectivity index (χ0v) is 13.8. The summed E-state index contributed by atoms with van der Waals surface area (Å²) in [6.45, 7) is 4.07. The van der Waals surface area contributed by atoms with Crippen molar-refractivity contribution in [2.24, 2.45) is 7.05 Å². The third kappa shape index (κ3) is 3.05. The van der Waals surface area contributed by atoms with Crippen molar-refractivity contribution in [3.05, 3.63) is 21.6 Å². The summed E-state index contributed by atoms with van der Waals surface area (Å²) < 4.78 is 6.65. The van der Waals surface area contributed by atoms with E-state index >= 15 is 0 Å². The number of likely N-dealkylation sites (N-methyl/N-ethyl adjacent to an activating group) is 1. The molecular formula is C12H18ClN7O3. The van der Waals surface area contributed by atoms with Crippen LogP contribution in [0.2, 0.25) is 0 Å². The Bertz CT molecular complexity index is 714. The molecule has 0 aromatic carbocycles. The van der Waals surface area contributed by atoms with Crippen molar-refractivity contribution in [2.75, 3.05) is 26.7 Å². The molecule has 1 aliphatic heterocycles. The summed E-state index contributed by atoms with van der Waals surface area (Å²) in [4.78, 5) is 17.2. The fraction of sp³-hybridized carbons (Fsp3) is 0.583. The normalized spacial score (nSPS) is 18.7. The van der Waals surface area contributed by atoms with Gasteiger partial charge in [0, 0.05) is 26.7 Å². The van der Waals surface area contributed by atoms with Crippen LogP contribution in [0, 0.1) is 17.0 Å². The van der Waals surface area contributed by atoms with E-state index in [-0.39, 0.29) is 35.7 Å². The van der Waals surface area contributed by atoms with E-state index in [0.29, 0.717) is 18.1 Å². The third-order valence-electron chi connectivity index (χ3n) is 3.83. The van der Waals surface area contributed by atoms with Gasteiger partial charge in [-0.2, -0.15) is 10.1 Å². The Balaban J connectivity index is 0.00000192. The van der Waals surface area contributed by atoms with E-state index in [1.165, 1.54) is 4.68 Å². The number of rotatable bonds is 3. The molecule has 1 saturated heterocycles. The van der Waals surface area contributed by atoms with Crippen molar-refractivity contribution in [1.82, 2.24) is 30.1 Å². The lowest BCUT2D eigenvalue weighted by Crippen LogP contribution is -2.44. The SMILES string of the molecule is Cc1nn(C)c(-c2nc(C3CNCCN3C)no2)c1[N+](=O)[O-].Cl. The van der Waals surface area contributed by atoms with Crippen molar-refractivity contribution in [3.8, 4) is 11.6 Å². The second-order valence-electron chi connectivity index (χ2n) is 5.32. The molecule has 0 spiro atoms. The fourth-order valence-corrected chi connectivity index (χ4v) is 2.67. The van der Waals surface area contributed by atoms with Crippen LogP contribution in [0.5, 0.6) is 0 Å². The number of nitrogens with one attached hydrogen (secondary N) is 1. The van der Waals surface area contributed by atoms with Gasteiger partial charge in [0.15, 0.2) is 5.82 Å². The molecule has 0 aliphatic carbocycles. The predicted molar refractivity (Wildman–Crippen MR) is 83.4 cm³/mol. The van der Waals surface area contributed by atoms with Crippen LogP contribution >= 0.6 is 12.4 Å². The lowest BCUT2D eigenvalue weighted by Gasteiger charge is -2.30. The van der Waals surface area contributed by atoms with Crippen molar-refractivity contribution < 1.29 is 9.45 Å². The van der Waals surface area contributed by atoms with Crippen molar-refractivity contribution in [2.45, 2.75) is 13.0 Å². The quantitative estimate of drug-likeness (QED) is 0.639. The molecule has 3 rings (SSSR count). The van der Waals surface area contributed by atoms with E-state index < -0.39 is 4.92 Å². The van der Waals surface area contributed by atoms with Crippen molar-refractivity contribution in [3.63, 3.8) is 0 Å². The molecular weight excluding hydrogens is 326 g/mol. The number of nitro groups is 1. The molecule has 2 aromatic rings. The van der Waals surface area contributed by atoms with Crippen LogP contribution in [0.25, 0.3) is 11.6 Å². The first kappa shape index (κ1) is 17.3. The average molecular weight is 344 g/mol. The summed E-state index contributed by atoms with van der Waals surface area (Å²) in [7, 11) is 3.60. The van der Waals surface area contributed by atoms with E-state index in [9.17, 15) is 10.1 Å². The standard InChI is InChI=1S/C12H17N7O3.ClH/c1-7-9(19(20)21)10(18(3)15-7)12-14-11(16-22-12)8-6-13-4-5-17(8)2;/h8,13H,4-6H2,1-3H3;1H. The number of nitrogens with zero attached hydrogens (tertiary/aromatic N) is 6. The van der Waals surface area contributed by atoms with Crippen LogP contribution in [0.15, 0.2) is 4.52 Å². The molecule has 0 radical (unpaired) electrons. The molecule has 1 atom stereocenters. The van der Waals surface area contributed by atoms with Gasteiger partial charge in [-0.15, -0.1) is 12.4 Å². The second-order valence-corrected chi connectivity index (χ2v) is 5.32. The highest BCUT2D eigenvalue weighted by atomic mass is 35.5. The van der Waals surface area contributed by atoms with Crippen LogP contribution in [-0.4, -0.2) is 56.4 Å². The lowest BCUT2D eigenvalue weighted by molar-refractivity contribution is -0.384. The molecule has 1 fully saturated rings. The summed E-state index contributed by atoms with van der Waals surface area (Å²) in [5.74, 6) is 0.627. The largest absolute Gasteiger partial charge is 0.332 e. The number of halogens is 1. The van der Waals surface area contributed by atoms with Gasteiger partial charge in [0.05, 0.1) is 11.0 Å². The van der Waals surface area contributed by atoms with E-state index in [4.69, 9.17) is 4.52 Å². The van der Waals surface area contributed by atoms with Crippen LogP contribution in [0.4, 0.5) is 5.69 Å². The first-order chi connectivity index (χ1) is 10.5. The smallest absolute Gasteiger partial charge is 0.322 e. The number of piperazine rings is 1. The molecule has 23 heavy (non-hydrogen) atoms. The van der Waals surface area contributed by atoms with Gasteiger partial charge in [-0.25, -0.2) is 0 Å². The Kier molecular flexibility index (Phi) is 4.97. The highest BCUT2D eigenvalue weighted by Crippen LogP contribution is 2.32. The van der Waals surface area contributed by atoms with Gasteiger partial charge in [0.2, 0.25) is 5.69 Å². The molecule has 0 amide bonds. The molecule has 0 bridgehead atoms. The predicted octanol–water partition coefficient (Wildman–Crippen LogP) is 0.685. The van der Waals surface area contributed by atoms with E-state index in [1.807, 2.05) is 7.05 Å². The zero-order valence-electron chi connectivity index (χ0n) is 13.0. The van der Waals surface area contributed by atoms with E-state index in [0.717, 1.165) is 13.1 Å². The van der Waals surface area contributed by atoms with Gasteiger partial charge in [-0.3, -0.25) is 19.7 Å². The monoisotopic (exact) mass is 343 g/mol. The summed E-state index contributed by atoms with van der Waals surface area (Å²) in [5.41, 5.74) is 0.444. The molecule has 10 nitrogen and oxygen atoms in total. The van der Waals surface area contributed by atoms with E-state index in [1.54, 1.807) is 14.0 Å². The highest BCUT2D eigenvalue weighted by Gasteiger charge is 2.31. The van der Waals surface area contributed by atoms with Gasteiger partial charge < -0.3 is 9.84 Å². The van der Waals surface area contributed by atoms with Crippen molar-refractivity contribution in [1.29, 1.82) is 0 Å². The Labute approximate surface area is 138 Å². The maximum atomic E-state index is 11.2. The summed E-state index contributed by atoms with van der Waals surface area (Å²) in [6.07, 6.45) is 0. The number of aromatic nitrogens is 4. The molecule has 1 N–H and O–H groups in total. The van der Waals surface area contributed by atoms with Gasteiger partial charge in [-0.05, 0) is 14.0 Å². The Morgan fingerprint density at radius 2 is 2.17 bits per heavy atom. The van der Waals surface area contributed by atoms with Crippen LogP contribution in [-0.2, 0) is 7.05 Å². The Morgan fingerprint density at radius 3 is 2.83 bits per heavy atom.